The average Bonchev–Trinajstić information content (AvgIpc) is 3.16. The Morgan fingerprint density at radius 2 is 1.68 bits per heavy atom. The van der Waals surface area contributed by atoms with E-state index in [0.29, 0.717) is 12.2 Å². The summed E-state index contributed by atoms with van der Waals surface area (Å²) in [5.74, 6) is 2.13. The second-order valence-corrected chi connectivity index (χ2v) is 6.55. The lowest BCUT2D eigenvalue weighted by atomic mass is 10.1. The Hall–Kier alpha value is -4.32. The number of nitrogen functional groups attached to an aromatic ring is 1. The number of nitriles is 1. The molecule has 0 atom stereocenters. The molecule has 4 N–H and O–H groups in total. The molecule has 3 aromatic rings. The van der Waals surface area contributed by atoms with Crippen LogP contribution >= 0.6 is 0 Å². The lowest BCUT2D eigenvalue weighted by molar-refractivity contribution is 0.249. The first-order valence-corrected chi connectivity index (χ1v) is 9.39. The molecule has 0 saturated heterocycles. The number of hydrogen-bond acceptors (Lipinski definition) is 6. The molecule has 9 nitrogen and oxygen atoms in total. The number of H-pyrrole nitrogens is 1. The fraction of sp³-hybridized carbons (Fsp3) is 0.182. The summed E-state index contributed by atoms with van der Waals surface area (Å²) in [6.07, 6.45) is 0.469. The van der Waals surface area contributed by atoms with Crippen LogP contribution in [0.15, 0.2) is 53.5 Å². The van der Waals surface area contributed by atoms with Gasteiger partial charge in [-0.3, -0.25) is 0 Å². The normalized spacial score (nSPS) is 10.9. The number of imidazole rings is 1. The zero-order chi connectivity index (χ0) is 22.2. The van der Waals surface area contributed by atoms with Crippen LogP contribution < -0.4 is 20.5 Å². The molecule has 2 aromatic carbocycles. The number of nitrogens with two attached hydrogens (primary N) is 1. The van der Waals surface area contributed by atoms with Crippen molar-refractivity contribution in [3.8, 4) is 17.6 Å². The number of amides is 2. The molecule has 0 bridgehead atoms. The average molecular weight is 418 g/mol. The first kappa shape index (κ1) is 21.4. The van der Waals surface area contributed by atoms with Gasteiger partial charge in [-0.2, -0.15) is 10.3 Å². The van der Waals surface area contributed by atoms with E-state index >= 15 is 0 Å². The third-order valence-corrected chi connectivity index (χ3v) is 4.47. The number of anilines is 1. The van der Waals surface area contributed by atoms with E-state index in [2.05, 4.69) is 20.3 Å². The Kier molecular flexibility index (Phi) is 6.85. The number of benzene rings is 2. The number of nitrogens with zero attached hydrogens (tertiary/aromatic N) is 3. The lowest BCUT2D eigenvalue weighted by Gasteiger charge is -2.04. The van der Waals surface area contributed by atoms with Gasteiger partial charge in [-0.15, -0.1) is 0 Å². The SMILES string of the molecule is COc1ccc(CNC(=O)N=C(C#N)c2[nH]c(Cc3ccc(OC)cc3)nc2N)cc1. The second kappa shape index (κ2) is 9.93. The van der Waals surface area contributed by atoms with E-state index in [1.165, 1.54) is 0 Å². The van der Waals surface area contributed by atoms with Gasteiger partial charge in [0, 0.05) is 13.0 Å². The molecular formula is C22H22N6O3. The molecule has 9 heteroatoms. The molecule has 3 rings (SSSR count). The topological polar surface area (TPSA) is 138 Å². The van der Waals surface area contributed by atoms with Crippen LogP contribution in [0, 0.1) is 11.3 Å². The number of aromatic nitrogens is 2. The van der Waals surface area contributed by atoms with E-state index < -0.39 is 6.03 Å². The highest BCUT2D eigenvalue weighted by Gasteiger charge is 2.15. The fourth-order valence-corrected chi connectivity index (χ4v) is 2.84. The molecule has 31 heavy (non-hydrogen) atoms. The van der Waals surface area contributed by atoms with Gasteiger partial charge < -0.3 is 25.5 Å². The maximum absolute atomic E-state index is 12.2. The molecule has 2 amide bonds. The number of aliphatic imine (C=N–C) groups is 1. The van der Waals surface area contributed by atoms with Gasteiger partial charge in [0.05, 0.1) is 14.2 Å². The minimum Gasteiger partial charge on any atom is -0.497 e. The zero-order valence-electron chi connectivity index (χ0n) is 17.2. The number of methoxy groups -OCH3 is 2. The van der Waals surface area contributed by atoms with E-state index in [0.717, 1.165) is 22.6 Å². The molecular weight excluding hydrogens is 396 g/mol. The Bertz CT molecular complexity index is 1110. The standard InChI is InChI=1S/C22H22N6O3/c1-30-16-7-3-14(4-8-16)11-19-27-20(21(24)28-19)18(12-23)26-22(29)25-13-15-5-9-17(31-2)10-6-15/h3-10H,11,13,24H2,1-2H3,(H,25,29)(H,27,28). The molecule has 0 spiro atoms. The van der Waals surface area contributed by atoms with Crippen molar-refractivity contribution < 1.29 is 14.3 Å². The van der Waals surface area contributed by atoms with Gasteiger partial charge in [-0.1, -0.05) is 24.3 Å². The molecule has 1 heterocycles. The number of urea groups is 1. The highest BCUT2D eigenvalue weighted by Crippen LogP contribution is 2.16. The van der Waals surface area contributed by atoms with Gasteiger partial charge in [-0.05, 0) is 35.4 Å². The maximum Gasteiger partial charge on any atom is 0.342 e. The maximum atomic E-state index is 12.2. The van der Waals surface area contributed by atoms with Crippen molar-refractivity contribution in [2.45, 2.75) is 13.0 Å². The van der Waals surface area contributed by atoms with Crippen molar-refractivity contribution in [3.05, 3.63) is 71.2 Å². The van der Waals surface area contributed by atoms with Crippen molar-refractivity contribution in [3.63, 3.8) is 0 Å². The van der Waals surface area contributed by atoms with Crippen molar-refractivity contribution in [2.24, 2.45) is 4.99 Å². The minimum absolute atomic E-state index is 0.103. The number of nitrogens with one attached hydrogen (secondary N) is 2. The zero-order valence-corrected chi connectivity index (χ0v) is 17.2. The summed E-state index contributed by atoms with van der Waals surface area (Å²) >= 11 is 0. The van der Waals surface area contributed by atoms with Crippen LogP contribution in [0.2, 0.25) is 0 Å². The third kappa shape index (κ3) is 5.61. The minimum atomic E-state index is -0.655. The van der Waals surface area contributed by atoms with Gasteiger partial charge in [0.1, 0.15) is 29.1 Å². The summed E-state index contributed by atoms with van der Waals surface area (Å²) in [4.78, 5) is 23.3. The van der Waals surface area contributed by atoms with E-state index in [-0.39, 0.29) is 23.8 Å². The van der Waals surface area contributed by atoms with E-state index in [1.54, 1.807) is 26.4 Å². The number of aromatic amines is 1. The first-order chi connectivity index (χ1) is 15.0. The summed E-state index contributed by atoms with van der Waals surface area (Å²) in [5.41, 5.74) is 7.87. The van der Waals surface area contributed by atoms with Crippen LogP contribution in [-0.2, 0) is 13.0 Å². The van der Waals surface area contributed by atoms with E-state index in [9.17, 15) is 10.1 Å². The Morgan fingerprint density at radius 1 is 1.10 bits per heavy atom. The van der Waals surface area contributed by atoms with Gasteiger partial charge in [-0.25, -0.2) is 9.78 Å². The van der Waals surface area contributed by atoms with Crippen LogP contribution in [0.25, 0.3) is 0 Å². The summed E-state index contributed by atoms with van der Waals surface area (Å²) in [5, 5.41) is 12.1. The van der Waals surface area contributed by atoms with Crippen molar-refractivity contribution >= 4 is 17.6 Å². The first-order valence-electron chi connectivity index (χ1n) is 9.39. The molecule has 158 valence electrons. The molecule has 0 unspecified atom stereocenters. The number of hydrogen-bond donors (Lipinski definition) is 3. The number of rotatable bonds is 7. The molecule has 0 saturated carbocycles. The third-order valence-electron chi connectivity index (χ3n) is 4.47. The molecule has 0 fully saturated rings. The van der Waals surface area contributed by atoms with Gasteiger partial charge in [0.15, 0.2) is 11.5 Å². The smallest absolute Gasteiger partial charge is 0.342 e. The largest absolute Gasteiger partial charge is 0.497 e. The van der Waals surface area contributed by atoms with Crippen LogP contribution in [0.5, 0.6) is 11.5 Å². The molecule has 0 radical (unpaired) electrons. The molecule has 0 aliphatic heterocycles. The van der Waals surface area contributed by atoms with Crippen molar-refractivity contribution in [1.82, 2.24) is 15.3 Å². The van der Waals surface area contributed by atoms with Crippen LogP contribution in [0.4, 0.5) is 10.6 Å². The quantitative estimate of drug-likeness (QED) is 0.504. The summed E-state index contributed by atoms with van der Waals surface area (Å²) in [6, 6.07) is 16.0. The van der Waals surface area contributed by atoms with Crippen LogP contribution in [0.3, 0.4) is 0 Å². The number of ether oxygens (including phenoxy) is 2. The predicted molar refractivity (Wildman–Crippen MR) is 116 cm³/mol. The highest BCUT2D eigenvalue weighted by molar-refractivity contribution is 6.16. The molecule has 0 aliphatic rings. The monoisotopic (exact) mass is 418 g/mol. The van der Waals surface area contributed by atoms with Gasteiger partial charge in [0.25, 0.3) is 0 Å². The van der Waals surface area contributed by atoms with E-state index in [4.69, 9.17) is 15.2 Å². The fourth-order valence-electron chi connectivity index (χ4n) is 2.84. The van der Waals surface area contributed by atoms with E-state index in [1.807, 2.05) is 42.5 Å². The molecule has 1 aromatic heterocycles. The second-order valence-electron chi connectivity index (χ2n) is 6.55. The predicted octanol–water partition coefficient (Wildman–Crippen LogP) is 2.82. The number of carbonyl (C=O) groups excluding carboxylic acids is 1. The summed E-state index contributed by atoms with van der Waals surface area (Å²) in [7, 11) is 3.18. The summed E-state index contributed by atoms with van der Waals surface area (Å²) in [6.45, 7) is 0.256. The highest BCUT2D eigenvalue weighted by atomic mass is 16.5. The van der Waals surface area contributed by atoms with Gasteiger partial charge >= 0.3 is 6.03 Å². The van der Waals surface area contributed by atoms with Crippen LogP contribution in [0.1, 0.15) is 22.6 Å². The Labute approximate surface area is 179 Å². The summed E-state index contributed by atoms with van der Waals surface area (Å²) < 4.78 is 10.2. The Morgan fingerprint density at radius 3 is 2.23 bits per heavy atom. The van der Waals surface area contributed by atoms with Crippen molar-refractivity contribution in [1.29, 1.82) is 5.26 Å². The van der Waals surface area contributed by atoms with Crippen molar-refractivity contribution in [2.75, 3.05) is 20.0 Å². The van der Waals surface area contributed by atoms with Gasteiger partial charge in [0.2, 0.25) is 0 Å². The molecule has 0 aliphatic carbocycles. The van der Waals surface area contributed by atoms with Crippen LogP contribution in [-0.4, -0.2) is 35.9 Å². The Balaban J connectivity index is 1.68. The number of carbonyl (C=O) groups is 1. The lowest BCUT2D eigenvalue weighted by Crippen LogP contribution is -2.21.